The second-order valence-electron chi connectivity index (χ2n) is 7.06. The predicted octanol–water partition coefficient (Wildman–Crippen LogP) is 2.54. The molecule has 3 rings (SSSR count). The van der Waals surface area contributed by atoms with Gasteiger partial charge in [0.1, 0.15) is 5.75 Å². The van der Waals surface area contributed by atoms with Crippen LogP contribution in [0, 0.1) is 0 Å². The van der Waals surface area contributed by atoms with E-state index < -0.39 is 11.7 Å². The molecule has 9 nitrogen and oxygen atoms in total. The number of ether oxygens (including phenoxy) is 6. The molecule has 0 spiro atoms. The van der Waals surface area contributed by atoms with E-state index in [-0.39, 0.29) is 17.4 Å². The van der Waals surface area contributed by atoms with E-state index in [1.807, 2.05) is 6.07 Å². The van der Waals surface area contributed by atoms with E-state index in [1.54, 1.807) is 13.2 Å². The molecule has 0 saturated carbocycles. The highest BCUT2D eigenvalue weighted by atomic mass is 16.5. The minimum absolute atomic E-state index is 0.0336. The summed E-state index contributed by atoms with van der Waals surface area (Å²) in [5, 5.41) is 2.79. The molecular formula is C23H27NO8. The zero-order chi connectivity index (χ0) is 23.4. The minimum atomic E-state index is -0.633. The van der Waals surface area contributed by atoms with Gasteiger partial charge in [-0.3, -0.25) is 9.59 Å². The average molecular weight is 445 g/mol. The summed E-state index contributed by atoms with van der Waals surface area (Å²) in [5.74, 6) is 1.49. The smallest absolute Gasteiger partial charge is 0.262 e. The Hall–Kier alpha value is -3.62. The van der Waals surface area contributed by atoms with Crippen molar-refractivity contribution < 1.29 is 33.2 Å². The van der Waals surface area contributed by atoms with E-state index in [0.717, 1.165) is 5.56 Å². The maximum atomic E-state index is 12.9. The second kappa shape index (κ2) is 9.67. The lowest BCUT2D eigenvalue weighted by molar-refractivity contribution is -0.121. The van der Waals surface area contributed by atoms with E-state index in [0.29, 0.717) is 47.0 Å². The van der Waals surface area contributed by atoms with Crippen molar-refractivity contribution in [1.29, 1.82) is 0 Å². The van der Waals surface area contributed by atoms with Crippen LogP contribution in [0.4, 0.5) is 0 Å². The van der Waals surface area contributed by atoms with Crippen LogP contribution in [0.3, 0.4) is 0 Å². The van der Waals surface area contributed by atoms with Gasteiger partial charge in [0.2, 0.25) is 11.7 Å². The molecule has 1 heterocycles. The number of nitrogens with one attached hydrogen (secondary N) is 1. The van der Waals surface area contributed by atoms with Crippen LogP contribution in [0.1, 0.15) is 18.9 Å². The van der Waals surface area contributed by atoms with E-state index in [1.165, 1.54) is 41.4 Å². The zero-order valence-electron chi connectivity index (χ0n) is 19.0. The van der Waals surface area contributed by atoms with Gasteiger partial charge in [-0.2, -0.15) is 0 Å². The Balaban J connectivity index is 2.45. The molecular weight excluding hydrogens is 418 g/mol. The molecule has 1 N–H and O–H groups in total. The van der Waals surface area contributed by atoms with Gasteiger partial charge in [-0.15, -0.1) is 0 Å². The van der Waals surface area contributed by atoms with Gasteiger partial charge < -0.3 is 33.7 Å². The van der Waals surface area contributed by atoms with Crippen LogP contribution < -0.4 is 39.2 Å². The molecule has 0 aromatic heterocycles. The summed E-state index contributed by atoms with van der Waals surface area (Å²) in [5.41, 5.74) is 1.60. The zero-order valence-corrected chi connectivity index (χ0v) is 19.0. The van der Waals surface area contributed by atoms with Gasteiger partial charge in [-0.1, -0.05) is 0 Å². The van der Waals surface area contributed by atoms with Crippen molar-refractivity contribution in [2.75, 3.05) is 35.5 Å². The maximum Gasteiger partial charge on any atom is 0.262 e. The Bertz CT molecular complexity index is 1080. The SMILES string of the molecule is COc1cc2c(c(OC)c1OC)-c1cc(OC)c(=O)c(OC)cc1O[C@H](NC(C)=O)CC2. The lowest BCUT2D eigenvalue weighted by atomic mass is 9.93. The topological polar surface area (TPSA) is 102 Å². The fourth-order valence-electron chi connectivity index (χ4n) is 3.77. The number of hydrogen-bond donors (Lipinski definition) is 1. The van der Waals surface area contributed by atoms with E-state index in [2.05, 4.69) is 5.32 Å². The van der Waals surface area contributed by atoms with Crippen LogP contribution in [0.25, 0.3) is 11.1 Å². The molecule has 2 aromatic carbocycles. The lowest BCUT2D eigenvalue weighted by Crippen LogP contribution is -2.38. The third kappa shape index (κ3) is 4.23. The summed E-state index contributed by atoms with van der Waals surface area (Å²) < 4.78 is 33.6. The van der Waals surface area contributed by atoms with Gasteiger partial charge in [-0.25, -0.2) is 0 Å². The average Bonchev–Trinajstić information content (AvgIpc) is 2.90. The summed E-state index contributed by atoms with van der Waals surface area (Å²) in [6.07, 6.45) is 0.359. The Labute approximate surface area is 186 Å². The van der Waals surface area contributed by atoms with Crippen LogP contribution in [0.2, 0.25) is 0 Å². The van der Waals surface area contributed by atoms with Crippen LogP contribution in [0.15, 0.2) is 23.0 Å². The van der Waals surface area contributed by atoms with E-state index >= 15 is 0 Å². The van der Waals surface area contributed by atoms with Crippen LogP contribution in [0.5, 0.6) is 34.5 Å². The van der Waals surface area contributed by atoms with Crippen molar-refractivity contribution in [1.82, 2.24) is 5.32 Å². The number of hydrogen-bond acceptors (Lipinski definition) is 8. The van der Waals surface area contributed by atoms with Gasteiger partial charge in [-0.05, 0) is 24.1 Å². The number of aryl methyl sites for hydroxylation is 1. The first-order valence-electron chi connectivity index (χ1n) is 9.94. The number of amides is 1. The van der Waals surface area contributed by atoms with Crippen LogP contribution >= 0.6 is 0 Å². The molecule has 172 valence electrons. The van der Waals surface area contributed by atoms with Crippen LogP contribution in [-0.4, -0.2) is 47.7 Å². The molecule has 0 saturated heterocycles. The molecule has 0 aliphatic carbocycles. The highest BCUT2D eigenvalue weighted by Crippen LogP contribution is 2.50. The van der Waals surface area contributed by atoms with Crippen molar-refractivity contribution in [3.8, 4) is 45.6 Å². The predicted molar refractivity (Wildman–Crippen MR) is 117 cm³/mol. The third-order valence-corrected chi connectivity index (χ3v) is 5.18. The number of benzene rings is 1. The van der Waals surface area contributed by atoms with Gasteiger partial charge in [0, 0.05) is 30.5 Å². The first-order valence-corrected chi connectivity index (χ1v) is 9.94. The minimum Gasteiger partial charge on any atom is -0.493 e. The number of carbonyl (C=O) groups excluding carboxylic acids is 1. The van der Waals surface area contributed by atoms with Gasteiger partial charge >= 0.3 is 0 Å². The highest BCUT2D eigenvalue weighted by Gasteiger charge is 2.29. The molecule has 0 unspecified atom stereocenters. The quantitative estimate of drug-likeness (QED) is 0.724. The highest BCUT2D eigenvalue weighted by molar-refractivity contribution is 5.84. The molecule has 0 bridgehead atoms. The van der Waals surface area contributed by atoms with Crippen molar-refractivity contribution in [3.05, 3.63) is 34.0 Å². The Morgan fingerprint density at radius 1 is 0.906 bits per heavy atom. The summed E-state index contributed by atoms with van der Waals surface area (Å²) in [6, 6.07) is 4.91. The summed E-state index contributed by atoms with van der Waals surface area (Å²) in [7, 11) is 7.38. The molecule has 0 radical (unpaired) electrons. The summed E-state index contributed by atoms with van der Waals surface area (Å²) in [6.45, 7) is 1.41. The first kappa shape index (κ1) is 23.1. The monoisotopic (exact) mass is 445 g/mol. The number of rotatable bonds is 6. The standard InChI is InChI=1S/C23H27NO8/c1-12(25)24-19-8-7-13-9-18(29-4)22(30-5)23(31-6)20(13)14-10-16(27-2)21(26)17(28-3)11-15(14)32-19/h9-11,19H,7-8H2,1-6H3,(H,24,25)/t19-/m0/s1. The molecule has 1 amide bonds. The molecule has 1 aliphatic heterocycles. The number of fused-ring (bicyclic) bond motifs is 3. The fourth-order valence-corrected chi connectivity index (χ4v) is 3.77. The molecule has 2 aromatic rings. The fraction of sp³-hybridized carbons (Fsp3) is 0.391. The Morgan fingerprint density at radius 2 is 1.53 bits per heavy atom. The number of methoxy groups -OCH3 is 5. The number of carbonyl (C=O) groups is 1. The third-order valence-electron chi connectivity index (χ3n) is 5.18. The van der Waals surface area contributed by atoms with Crippen LogP contribution in [-0.2, 0) is 11.2 Å². The Morgan fingerprint density at radius 3 is 2.09 bits per heavy atom. The molecule has 32 heavy (non-hydrogen) atoms. The summed E-state index contributed by atoms with van der Waals surface area (Å²) >= 11 is 0. The van der Waals surface area contributed by atoms with E-state index in [4.69, 9.17) is 28.4 Å². The van der Waals surface area contributed by atoms with Gasteiger partial charge in [0.05, 0.1) is 35.5 Å². The lowest BCUT2D eigenvalue weighted by Gasteiger charge is -2.27. The normalized spacial score (nSPS) is 14.5. The van der Waals surface area contributed by atoms with Crippen molar-refractivity contribution in [2.24, 2.45) is 0 Å². The summed E-state index contributed by atoms with van der Waals surface area (Å²) in [4.78, 5) is 24.6. The second-order valence-corrected chi connectivity index (χ2v) is 7.06. The van der Waals surface area contributed by atoms with E-state index in [9.17, 15) is 9.59 Å². The maximum absolute atomic E-state index is 12.9. The van der Waals surface area contributed by atoms with Gasteiger partial charge in [0.25, 0.3) is 5.43 Å². The largest absolute Gasteiger partial charge is 0.493 e. The van der Waals surface area contributed by atoms with Gasteiger partial charge in [0.15, 0.2) is 29.2 Å². The Kier molecular flexibility index (Phi) is 6.97. The molecule has 1 aliphatic rings. The van der Waals surface area contributed by atoms with Crippen molar-refractivity contribution >= 4 is 5.91 Å². The molecule has 0 fully saturated rings. The first-order chi connectivity index (χ1) is 15.4. The van der Waals surface area contributed by atoms with Crippen molar-refractivity contribution in [3.63, 3.8) is 0 Å². The van der Waals surface area contributed by atoms with Crippen molar-refractivity contribution in [2.45, 2.75) is 26.0 Å². The molecule has 9 heteroatoms. The molecule has 1 atom stereocenters.